The van der Waals surface area contributed by atoms with Crippen molar-refractivity contribution in [3.8, 4) is 5.75 Å². The topological polar surface area (TPSA) is 98.1 Å². The van der Waals surface area contributed by atoms with Crippen LogP contribution in [0, 0.1) is 0 Å². The first-order valence-electron chi connectivity index (χ1n) is 8.67. The van der Waals surface area contributed by atoms with E-state index in [9.17, 15) is 9.59 Å². The Bertz CT molecular complexity index is 1090. The first-order valence-corrected chi connectivity index (χ1v) is 9.43. The van der Waals surface area contributed by atoms with Gasteiger partial charge in [-0.3, -0.25) is 14.9 Å². The number of fused-ring (bicyclic) bond motifs is 1. The number of ether oxygens (including phenoxy) is 1. The zero-order valence-corrected chi connectivity index (χ0v) is 16.4. The molecule has 0 saturated heterocycles. The zero-order valence-electron chi connectivity index (χ0n) is 14.9. The molecule has 10 heteroatoms. The summed E-state index contributed by atoms with van der Waals surface area (Å²) in [5, 5.41) is 10.3. The molecule has 2 N–H and O–H groups in total. The van der Waals surface area contributed by atoms with Gasteiger partial charge in [-0.25, -0.2) is 4.68 Å². The average molecular weight is 432 g/mol. The molecule has 0 spiro atoms. The number of halogens is 2. The lowest BCUT2D eigenvalue weighted by Crippen LogP contribution is -2.29. The standard InChI is InChI=1S/C19H15Cl2N5O3/c20-11-5-6-14(13(21)7-11)24-18(28)9-29-16-4-2-1-3-12(16)15-8-17(27)25-19-22-10-23-26(15)19/h1-7,10,15H,8-9H2,(H,24,28)(H,22,23,25,27)/t15-/m1/s1. The van der Waals surface area contributed by atoms with Gasteiger partial charge in [-0.05, 0) is 24.3 Å². The van der Waals surface area contributed by atoms with Gasteiger partial charge in [-0.1, -0.05) is 41.4 Å². The van der Waals surface area contributed by atoms with Gasteiger partial charge in [0.25, 0.3) is 5.91 Å². The maximum Gasteiger partial charge on any atom is 0.262 e. The number of rotatable bonds is 5. The number of nitrogens with zero attached hydrogens (tertiary/aromatic N) is 3. The van der Waals surface area contributed by atoms with Gasteiger partial charge in [0.15, 0.2) is 6.61 Å². The largest absolute Gasteiger partial charge is 0.483 e. The van der Waals surface area contributed by atoms with Gasteiger partial charge < -0.3 is 10.1 Å². The van der Waals surface area contributed by atoms with Crippen LogP contribution >= 0.6 is 23.2 Å². The molecule has 1 atom stereocenters. The molecule has 8 nitrogen and oxygen atoms in total. The Balaban J connectivity index is 1.50. The van der Waals surface area contributed by atoms with E-state index in [0.717, 1.165) is 5.56 Å². The van der Waals surface area contributed by atoms with E-state index in [-0.39, 0.29) is 30.9 Å². The normalized spacial score (nSPS) is 15.4. The van der Waals surface area contributed by atoms with Gasteiger partial charge in [-0.2, -0.15) is 10.1 Å². The van der Waals surface area contributed by atoms with E-state index >= 15 is 0 Å². The Hall–Kier alpha value is -3.10. The molecule has 1 aliphatic heterocycles. The highest BCUT2D eigenvalue weighted by Crippen LogP contribution is 2.34. The van der Waals surface area contributed by atoms with Gasteiger partial charge >= 0.3 is 0 Å². The SMILES string of the molecule is O=C(COc1ccccc1[C@H]1CC(=O)Nc2ncnn21)Nc1ccc(Cl)cc1Cl. The summed E-state index contributed by atoms with van der Waals surface area (Å²) in [7, 11) is 0. The molecule has 0 aliphatic carbocycles. The highest BCUT2D eigenvalue weighted by molar-refractivity contribution is 6.36. The molecule has 0 bridgehead atoms. The minimum Gasteiger partial charge on any atom is -0.483 e. The quantitative estimate of drug-likeness (QED) is 0.643. The van der Waals surface area contributed by atoms with E-state index in [2.05, 4.69) is 20.7 Å². The van der Waals surface area contributed by atoms with Crippen molar-refractivity contribution in [3.63, 3.8) is 0 Å². The van der Waals surface area contributed by atoms with E-state index < -0.39 is 0 Å². The molecule has 2 aromatic carbocycles. The van der Waals surface area contributed by atoms with Gasteiger partial charge in [0.1, 0.15) is 12.1 Å². The Morgan fingerprint density at radius 2 is 2.10 bits per heavy atom. The second kappa shape index (κ2) is 8.10. The van der Waals surface area contributed by atoms with Crippen LogP contribution in [0.15, 0.2) is 48.8 Å². The molecular weight excluding hydrogens is 417 g/mol. The molecule has 0 fully saturated rings. The van der Waals surface area contributed by atoms with Crippen molar-refractivity contribution in [1.29, 1.82) is 0 Å². The Morgan fingerprint density at radius 1 is 1.28 bits per heavy atom. The maximum absolute atomic E-state index is 12.3. The van der Waals surface area contributed by atoms with E-state index in [1.54, 1.807) is 35.0 Å². The lowest BCUT2D eigenvalue weighted by atomic mass is 10.0. The van der Waals surface area contributed by atoms with Crippen molar-refractivity contribution < 1.29 is 14.3 Å². The number of amides is 2. The lowest BCUT2D eigenvalue weighted by Gasteiger charge is -2.25. The smallest absolute Gasteiger partial charge is 0.262 e. The minimum absolute atomic E-state index is 0.166. The van der Waals surface area contributed by atoms with Crippen molar-refractivity contribution in [3.05, 3.63) is 64.4 Å². The highest BCUT2D eigenvalue weighted by Gasteiger charge is 2.29. The van der Waals surface area contributed by atoms with Crippen molar-refractivity contribution in [2.24, 2.45) is 0 Å². The first-order chi connectivity index (χ1) is 14.0. The molecule has 0 radical (unpaired) electrons. The van der Waals surface area contributed by atoms with Crippen LogP contribution in [0.5, 0.6) is 5.75 Å². The maximum atomic E-state index is 12.3. The van der Waals surface area contributed by atoms with Gasteiger partial charge in [0, 0.05) is 10.6 Å². The van der Waals surface area contributed by atoms with Crippen LogP contribution in [-0.2, 0) is 9.59 Å². The number of para-hydroxylation sites is 1. The molecule has 0 saturated carbocycles. The fourth-order valence-corrected chi connectivity index (χ4v) is 3.51. The fraction of sp³-hybridized carbons (Fsp3) is 0.158. The van der Waals surface area contributed by atoms with E-state index in [4.69, 9.17) is 27.9 Å². The van der Waals surface area contributed by atoms with E-state index in [1.165, 1.54) is 6.33 Å². The van der Waals surface area contributed by atoms with Crippen LogP contribution in [0.1, 0.15) is 18.0 Å². The molecule has 1 aliphatic rings. The summed E-state index contributed by atoms with van der Waals surface area (Å²) >= 11 is 11.9. The molecule has 2 amide bonds. The lowest BCUT2D eigenvalue weighted by molar-refractivity contribution is -0.118. The number of nitrogens with one attached hydrogen (secondary N) is 2. The predicted octanol–water partition coefficient (Wildman–Crippen LogP) is 3.53. The predicted molar refractivity (Wildman–Crippen MR) is 108 cm³/mol. The van der Waals surface area contributed by atoms with Gasteiger partial charge in [0.05, 0.1) is 23.2 Å². The Morgan fingerprint density at radius 3 is 2.93 bits per heavy atom. The fourth-order valence-electron chi connectivity index (χ4n) is 3.05. The molecule has 148 valence electrons. The monoisotopic (exact) mass is 431 g/mol. The Kier molecular flexibility index (Phi) is 5.37. The molecule has 0 unspecified atom stereocenters. The zero-order chi connectivity index (χ0) is 20.4. The van der Waals surface area contributed by atoms with Crippen LogP contribution in [-0.4, -0.2) is 33.2 Å². The van der Waals surface area contributed by atoms with Gasteiger partial charge in [-0.15, -0.1) is 0 Å². The highest BCUT2D eigenvalue weighted by atomic mass is 35.5. The van der Waals surface area contributed by atoms with Gasteiger partial charge in [0.2, 0.25) is 11.9 Å². The number of carbonyl (C=O) groups is 2. The summed E-state index contributed by atoms with van der Waals surface area (Å²) in [6, 6.07) is 11.6. The number of aromatic nitrogens is 3. The summed E-state index contributed by atoms with van der Waals surface area (Å²) in [5.74, 6) is 0.300. The van der Waals surface area contributed by atoms with Crippen LogP contribution in [0.2, 0.25) is 10.0 Å². The number of carbonyl (C=O) groups excluding carboxylic acids is 2. The molecule has 3 aromatic rings. The molecule has 1 aromatic heterocycles. The van der Waals surface area contributed by atoms with Crippen molar-refractivity contribution >= 4 is 46.7 Å². The summed E-state index contributed by atoms with van der Waals surface area (Å²) in [6.45, 7) is -0.237. The third-order valence-corrected chi connectivity index (χ3v) is 4.89. The van der Waals surface area contributed by atoms with Crippen molar-refractivity contribution in [1.82, 2.24) is 14.8 Å². The number of benzene rings is 2. The third-order valence-electron chi connectivity index (χ3n) is 4.34. The second-order valence-electron chi connectivity index (χ2n) is 6.30. The number of hydrogen-bond donors (Lipinski definition) is 2. The van der Waals surface area contributed by atoms with Crippen molar-refractivity contribution in [2.75, 3.05) is 17.2 Å². The number of anilines is 2. The van der Waals surface area contributed by atoms with E-state index in [1.807, 2.05) is 12.1 Å². The molecule has 29 heavy (non-hydrogen) atoms. The van der Waals surface area contributed by atoms with E-state index in [0.29, 0.717) is 27.4 Å². The first kappa shape index (κ1) is 19.2. The summed E-state index contributed by atoms with van der Waals surface area (Å²) in [4.78, 5) is 28.4. The van der Waals surface area contributed by atoms with Crippen LogP contribution in [0.4, 0.5) is 11.6 Å². The summed E-state index contributed by atoms with van der Waals surface area (Å²) < 4.78 is 7.36. The number of hydrogen-bond acceptors (Lipinski definition) is 5. The second-order valence-corrected chi connectivity index (χ2v) is 7.14. The third kappa shape index (κ3) is 4.18. The van der Waals surface area contributed by atoms with Crippen LogP contribution < -0.4 is 15.4 Å². The molecule has 2 heterocycles. The van der Waals surface area contributed by atoms with Crippen molar-refractivity contribution in [2.45, 2.75) is 12.5 Å². The van der Waals surface area contributed by atoms with Crippen LogP contribution in [0.25, 0.3) is 0 Å². The minimum atomic E-state index is -0.383. The summed E-state index contributed by atoms with van der Waals surface area (Å²) in [6.07, 6.45) is 1.56. The average Bonchev–Trinajstić information content (AvgIpc) is 3.16. The molecular formula is C19H15Cl2N5O3. The summed E-state index contributed by atoms with van der Waals surface area (Å²) in [5.41, 5.74) is 1.17. The van der Waals surface area contributed by atoms with Crippen LogP contribution in [0.3, 0.4) is 0 Å². The Labute approximate surface area is 175 Å². The molecule has 4 rings (SSSR count).